The van der Waals surface area contributed by atoms with E-state index in [0.717, 1.165) is 17.0 Å². The highest BCUT2D eigenvalue weighted by Gasteiger charge is 2.11. The Hall–Kier alpha value is -2.18. The Balaban J connectivity index is 1.97. The van der Waals surface area contributed by atoms with Gasteiger partial charge in [-0.1, -0.05) is 30.3 Å². The molecule has 0 saturated heterocycles. The van der Waals surface area contributed by atoms with Crippen LogP contribution in [0.5, 0.6) is 0 Å². The SMILES string of the molecule is N[C@@H](CO)C(=O)NCc1cc(-c2ccccc2)n[nH]1. The van der Waals surface area contributed by atoms with Crippen LogP contribution in [0.25, 0.3) is 11.3 Å². The van der Waals surface area contributed by atoms with Crippen molar-refractivity contribution in [2.75, 3.05) is 6.61 Å². The first-order chi connectivity index (χ1) is 9.20. The summed E-state index contributed by atoms with van der Waals surface area (Å²) in [5.41, 5.74) is 7.98. The lowest BCUT2D eigenvalue weighted by Gasteiger charge is -2.07. The molecule has 1 heterocycles. The van der Waals surface area contributed by atoms with Crippen molar-refractivity contribution in [1.29, 1.82) is 0 Å². The number of amides is 1. The maximum absolute atomic E-state index is 11.4. The Bertz CT molecular complexity index is 539. The molecule has 6 nitrogen and oxygen atoms in total. The van der Waals surface area contributed by atoms with Crippen LogP contribution in [0, 0.1) is 0 Å². The summed E-state index contributed by atoms with van der Waals surface area (Å²) in [4.78, 5) is 11.4. The van der Waals surface area contributed by atoms with Gasteiger partial charge in [0.2, 0.25) is 5.91 Å². The molecule has 0 aliphatic rings. The Morgan fingerprint density at radius 1 is 1.42 bits per heavy atom. The summed E-state index contributed by atoms with van der Waals surface area (Å²) in [5, 5.41) is 18.4. The summed E-state index contributed by atoms with van der Waals surface area (Å²) in [6.07, 6.45) is 0. The van der Waals surface area contributed by atoms with E-state index in [1.165, 1.54) is 0 Å². The van der Waals surface area contributed by atoms with Crippen LogP contribution in [0.2, 0.25) is 0 Å². The van der Waals surface area contributed by atoms with E-state index < -0.39 is 11.9 Å². The van der Waals surface area contributed by atoms with Crippen molar-refractivity contribution in [3.8, 4) is 11.3 Å². The van der Waals surface area contributed by atoms with Crippen LogP contribution < -0.4 is 11.1 Å². The molecule has 1 amide bonds. The molecule has 100 valence electrons. The molecule has 5 N–H and O–H groups in total. The van der Waals surface area contributed by atoms with E-state index in [0.29, 0.717) is 6.54 Å². The van der Waals surface area contributed by atoms with Gasteiger partial charge in [0.25, 0.3) is 0 Å². The van der Waals surface area contributed by atoms with E-state index >= 15 is 0 Å². The van der Waals surface area contributed by atoms with Gasteiger partial charge in [0, 0.05) is 5.56 Å². The molecule has 0 spiro atoms. The molecule has 0 aliphatic carbocycles. The first-order valence-corrected chi connectivity index (χ1v) is 5.94. The number of hydrogen-bond donors (Lipinski definition) is 4. The quantitative estimate of drug-likeness (QED) is 0.608. The molecular formula is C13H16N4O2. The molecule has 0 radical (unpaired) electrons. The summed E-state index contributed by atoms with van der Waals surface area (Å²) in [7, 11) is 0. The monoisotopic (exact) mass is 260 g/mol. The number of nitrogens with one attached hydrogen (secondary N) is 2. The molecule has 0 saturated carbocycles. The van der Waals surface area contributed by atoms with Gasteiger partial charge in [-0.15, -0.1) is 0 Å². The number of benzene rings is 1. The van der Waals surface area contributed by atoms with E-state index in [9.17, 15) is 4.79 Å². The molecule has 1 atom stereocenters. The summed E-state index contributed by atoms with van der Waals surface area (Å²) in [6, 6.07) is 10.7. The number of aliphatic hydroxyl groups excluding tert-OH is 1. The zero-order valence-electron chi connectivity index (χ0n) is 10.3. The van der Waals surface area contributed by atoms with Crippen LogP contribution in [0.15, 0.2) is 36.4 Å². The molecule has 2 rings (SSSR count). The number of H-pyrrole nitrogens is 1. The number of hydrogen-bond acceptors (Lipinski definition) is 4. The minimum Gasteiger partial charge on any atom is -0.394 e. The van der Waals surface area contributed by atoms with Gasteiger partial charge in [0.1, 0.15) is 6.04 Å². The minimum atomic E-state index is -0.892. The fourth-order valence-corrected chi connectivity index (χ4v) is 1.61. The number of nitrogens with zero attached hydrogens (tertiary/aromatic N) is 1. The number of aliphatic hydroxyl groups is 1. The van der Waals surface area contributed by atoms with E-state index in [1.807, 2.05) is 36.4 Å². The first-order valence-electron chi connectivity index (χ1n) is 5.94. The maximum Gasteiger partial charge on any atom is 0.239 e. The van der Waals surface area contributed by atoms with Crippen molar-refractivity contribution in [2.24, 2.45) is 5.73 Å². The zero-order chi connectivity index (χ0) is 13.7. The van der Waals surface area contributed by atoms with Crippen molar-refractivity contribution in [1.82, 2.24) is 15.5 Å². The van der Waals surface area contributed by atoms with Gasteiger partial charge in [-0.3, -0.25) is 9.89 Å². The summed E-state index contributed by atoms with van der Waals surface area (Å²) in [6.45, 7) is -0.0730. The highest BCUT2D eigenvalue weighted by Crippen LogP contribution is 2.16. The van der Waals surface area contributed by atoms with Gasteiger partial charge >= 0.3 is 0 Å². The summed E-state index contributed by atoms with van der Waals surface area (Å²) >= 11 is 0. The average Bonchev–Trinajstić information content (AvgIpc) is 2.93. The normalized spacial score (nSPS) is 12.1. The average molecular weight is 260 g/mol. The number of carbonyl (C=O) groups is 1. The molecule has 6 heteroatoms. The molecule has 0 fully saturated rings. The molecule has 0 aliphatic heterocycles. The van der Waals surface area contributed by atoms with Crippen molar-refractivity contribution in [3.05, 3.63) is 42.1 Å². The number of aromatic nitrogens is 2. The third-order valence-corrected chi connectivity index (χ3v) is 2.69. The van der Waals surface area contributed by atoms with Crippen LogP contribution >= 0.6 is 0 Å². The van der Waals surface area contributed by atoms with E-state index in [-0.39, 0.29) is 6.61 Å². The molecule has 19 heavy (non-hydrogen) atoms. The van der Waals surface area contributed by atoms with E-state index in [4.69, 9.17) is 10.8 Å². The van der Waals surface area contributed by atoms with Gasteiger partial charge < -0.3 is 16.2 Å². The number of aromatic amines is 1. The summed E-state index contributed by atoms with van der Waals surface area (Å²) in [5.74, 6) is -0.390. The second-order valence-corrected chi connectivity index (χ2v) is 4.15. The Morgan fingerprint density at radius 3 is 2.84 bits per heavy atom. The van der Waals surface area contributed by atoms with Gasteiger partial charge in [0.15, 0.2) is 0 Å². The number of carbonyl (C=O) groups excluding carboxylic acids is 1. The fraction of sp³-hybridized carbons (Fsp3) is 0.231. The van der Waals surface area contributed by atoms with Gasteiger partial charge in [-0.2, -0.15) is 5.10 Å². The Kier molecular flexibility index (Phi) is 4.27. The van der Waals surface area contributed by atoms with Gasteiger partial charge in [-0.05, 0) is 6.07 Å². The predicted octanol–water partition coefficient (Wildman–Crippen LogP) is 0.0125. The third kappa shape index (κ3) is 3.40. The topological polar surface area (TPSA) is 104 Å². The molecule has 1 aromatic carbocycles. The van der Waals surface area contributed by atoms with Crippen molar-refractivity contribution >= 4 is 5.91 Å². The fourth-order valence-electron chi connectivity index (χ4n) is 1.61. The Morgan fingerprint density at radius 2 is 2.16 bits per heavy atom. The maximum atomic E-state index is 11.4. The standard InChI is InChI=1S/C13H16N4O2/c14-11(8-18)13(19)15-7-10-6-12(17-16-10)9-4-2-1-3-5-9/h1-6,11,18H,7-8,14H2,(H,15,19)(H,16,17)/t11-/m0/s1. The minimum absolute atomic E-state index is 0.298. The smallest absolute Gasteiger partial charge is 0.239 e. The van der Waals surface area contributed by atoms with Crippen molar-refractivity contribution < 1.29 is 9.90 Å². The molecule has 1 aromatic heterocycles. The highest BCUT2D eigenvalue weighted by molar-refractivity contribution is 5.81. The highest BCUT2D eigenvalue weighted by atomic mass is 16.3. The Labute approximate surface area is 110 Å². The van der Waals surface area contributed by atoms with E-state index in [1.54, 1.807) is 0 Å². The molecule has 2 aromatic rings. The van der Waals surface area contributed by atoms with Gasteiger partial charge in [-0.25, -0.2) is 0 Å². The van der Waals surface area contributed by atoms with Gasteiger partial charge in [0.05, 0.1) is 24.5 Å². The second kappa shape index (κ2) is 6.12. The van der Waals surface area contributed by atoms with Crippen molar-refractivity contribution in [2.45, 2.75) is 12.6 Å². The number of nitrogens with two attached hydrogens (primary N) is 1. The van der Waals surface area contributed by atoms with Crippen LogP contribution in [-0.4, -0.2) is 33.9 Å². The number of rotatable bonds is 5. The van der Waals surface area contributed by atoms with E-state index in [2.05, 4.69) is 15.5 Å². The first kappa shape index (κ1) is 13.3. The lowest BCUT2D eigenvalue weighted by molar-refractivity contribution is -0.123. The summed E-state index contributed by atoms with van der Waals surface area (Å²) < 4.78 is 0. The van der Waals surface area contributed by atoms with Crippen LogP contribution in [0.1, 0.15) is 5.69 Å². The van der Waals surface area contributed by atoms with Crippen LogP contribution in [0.4, 0.5) is 0 Å². The van der Waals surface area contributed by atoms with Crippen molar-refractivity contribution in [3.63, 3.8) is 0 Å². The second-order valence-electron chi connectivity index (χ2n) is 4.15. The van der Waals surface area contributed by atoms with Crippen LogP contribution in [0.3, 0.4) is 0 Å². The third-order valence-electron chi connectivity index (χ3n) is 2.69. The largest absolute Gasteiger partial charge is 0.394 e. The predicted molar refractivity (Wildman–Crippen MR) is 70.9 cm³/mol. The molecule has 0 unspecified atom stereocenters. The lowest BCUT2D eigenvalue weighted by Crippen LogP contribution is -2.42. The lowest BCUT2D eigenvalue weighted by atomic mass is 10.1. The molecular weight excluding hydrogens is 244 g/mol. The zero-order valence-corrected chi connectivity index (χ0v) is 10.3. The van der Waals surface area contributed by atoms with Crippen LogP contribution in [-0.2, 0) is 11.3 Å². The molecule has 0 bridgehead atoms.